The third-order valence-electron chi connectivity index (χ3n) is 3.09. The maximum Gasteiger partial charge on any atom is 0.103 e. The lowest BCUT2D eigenvalue weighted by atomic mass is 9.88. The highest BCUT2D eigenvalue weighted by Crippen LogP contribution is 2.38. The number of hydrogen-bond acceptors (Lipinski definition) is 3. The molecule has 0 bridgehead atoms. The fraction of sp³-hybridized carbons (Fsp3) is 0.667. The van der Waals surface area contributed by atoms with Crippen LogP contribution in [0.15, 0.2) is 12.1 Å². The van der Waals surface area contributed by atoms with Crippen LogP contribution in [0.5, 0.6) is 0 Å². The zero-order valence-electron chi connectivity index (χ0n) is 9.32. The fourth-order valence-electron chi connectivity index (χ4n) is 2.10. The second-order valence-electron chi connectivity index (χ2n) is 4.30. The van der Waals surface area contributed by atoms with Gasteiger partial charge in [0.15, 0.2) is 0 Å². The van der Waals surface area contributed by atoms with Crippen LogP contribution in [0.1, 0.15) is 35.9 Å². The van der Waals surface area contributed by atoms with Crippen LogP contribution in [0.4, 0.5) is 0 Å². The van der Waals surface area contributed by atoms with Crippen molar-refractivity contribution in [1.82, 2.24) is 0 Å². The first-order chi connectivity index (χ1) is 7.14. The van der Waals surface area contributed by atoms with Crippen LogP contribution in [0, 0.1) is 6.92 Å². The molecule has 3 heteroatoms. The summed E-state index contributed by atoms with van der Waals surface area (Å²) < 4.78 is 5.60. The number of rotatable bonds is 2. The molecule has 1 aromatic rings. The Kier molecular flexibility index (Phi) is 3.14. The third-order valence-corrected chi connectivity index (χ3v) is 4.28. The van der Waals surface area contributed by atoms with E-state index in [0.29, 0.717) is 6.61 Å². The molecule has 0 saturated carbocycles. The Hall–Kier alpha value is -0.380. The van der Waals surface area contributed by atoms with Crippen LogP contribution >= 0.6 is 11.3 Å². The molecule has 1 aliphatic rings. The predicted octanol–water partition coefficient (Wildman–Crippen LogP) is 2.83. The minimum absolute atomic E-state index is 0.214. The molecule has 15 heavy (non-hydrogen) atoms. The summed E-state index contributed by atoms with van der Waals surface area (Å²) in [6.45, 7) is 4.86. The molecule has 84 valence electrons. The van der Waals surface area contributed by atoms with Crippen molar-refractivity contribution >= 4 is 11.3 Å². The summed E-state index contributed by atoms with van der Waals surface area (Å²) in [5, 5.41) is 10.6. The van der Waals surface area contributed by atoms with Crippen LogP contribution in [0.3, 0.4) is 0 Å². The van der Waals surface area contributed by atoms with Crippen molar-refractivity contribution in [2.45, 2.75) is 44.8 Å². The monoisotopic (exact) mass is 226 g/mol. The van der Waals surface area contributed by atoms with Gasteiger partial charge < -0.3 is 9.84 Å². The number of ether oxygens (including phenoxy) is 1. The van der Waals surface area contributed by atoms with Crippen molar-refractivity contribution in [1.29, 1.82) is 0 Å². The zero-order valence-corrected chi connectivity index (χ0v) is 10.1. The quantitative estimate of drug-likeness (QED) is 0.840. The lowest BCUT2D eigenvalue weighted by molar-refractivity contribution is -0.106. The van der Waals surface area contributed by atoms with E-state index in [4.69, 9.17) is 4.74 Å². The Morgan fingerprint density at radius 3 is 3.00 bits per heavy atom. The molecule has 2 atom stereocenters. The summed E-state index contributed by atoms with van der Waals surface area (Å²) >= 11 is 1.70. The minimum atomic E-state index is -0.641. The Bertz CT molecular complexity index is 334. The van der Waals surface area contributed by atoms with Gasteiger partial charge in [-0.3, -0.25) is 0 Å². The molecule has 0 spiro atoms. The lowest BCUT2D eigenvalue weighted by Gasteiger charge is -2.36. The van der Waals surface area contributed by atoms with Gasteiger partial charge in [0, 0.05) is 22.6 Å². The Morgan fingerprint density at radius 1 is 1.60 bits per heavy atom. The van der Waals surface area contributed by atoms with Gasteiger partial charge in [-0.15, -0.1) is 11.3 Å². The van der Waals surface area contributed by atoms with Gasteiger partial charge in [-0.25, -0.2) is 0 Å². The molecule has 1 aromatic heterocycles. The fourth-order valence-corrected chi connectivity index (χ4v) is 3.10. The molecular formula is C12H18O2S. The number of aryl methyl sites for hydroxylation is 1. The number of hydrogen-bond donors (Lipinski definition) is 1. The van der Waals surface area contributed by atoms with Gasteiger partial charge in [-0.2, -0.15) is 0 Å². The summed E-state index contributed by atoms with van der Waals surface area (Å²) in [6.07, 6.45) is 2.66. The predicted molar refractivity (Wildman–Crippen MR) is 62.2 cm³/mol. The van der Waals surface area contributed by atoms with Gasteiger partial charge >= 0.3 is 0 Å². The summed E-state index contributed by atoms with van der Waals surface area (Å²) in [5.41, 5.74) is -0.641. The van der Waals surface area contributed by atoms with Crippen LogP contribution in [-0.4, -0.2) is 17.8 Å². The molecule has 0 amide bonds. The number of aliphatic hydroxyl groups is 1. The van der Waals surface area contributed by atoms with E-state index in [-0.39, 0.29) is 6.10 Å². The van der Waals surface area contributed by atoms with Crippen molar-refractivity contribution in [3.05, 3.63) is 21.9 Å². The Morgan fingerprint density at radius 2 is 2.40 bits per heavy atom. The normalized spacial score (nSPS) is 31.8. The molecule has 1 saturated heterocycles. The van der Waals surface area contributed by atoms with Crippen LogP contribution in [-0.2, 0) is 10.3 Å². The van der Waals surface area contributed by atoms with E-state index in [9.17, 15) is 5.11 Å². The van der Waals surface area contributed by atoms with Gasteiger partial charge in [-0.1, -0.05) is 6.92 Å². The van der Waals surface area contributed by atoms with Crippen molar-refractivity contribution in [3.8, 4) is 0 Å². The largest absolute Gasteiger partial charge is 0.384 e. The Labute approximate surface area is 94.9 Å². The highest BCUT2D eigenvalue weighted by Gasteiger charge is 2.36. The van der Waals surface area contributed by atoms with Crippen LogP contribution < -0.4 is 0 Å². The highest BCUT2D eigenvalue weighted by molar-refractivity contribution is 7.12. The van der Waals surface area contributed by atoms with Crippen molar-refractivity contribution in [2.24, 2.45) is 0 Å². The van der Waals surface area contributed by atoms with Gasteiger partial charge in [0.2, 0.25) is 0 Å². The van der Waals surface area contributed by atoms with E-state index < -0.39 is 5.60 Å². The van der Waals surface area contributed by atoms with E-state index in [2.05, 4.69) is 26.0 Å². The topological polar surface area (TPSA) is 29.5 Å². The maximum atomic E-state index is 10.6. The standard InChI is InChI=1S/C12H18O2S/c1-3-10-8-12(13,6-7-14-10)11-5-4-9(2)15-11/h4-5,10,13H,3,6-8H2,1-2H3. The van der Waals surface area contributed by atoms with Gasteiger partial charge in [-0.05, 0) is 25.5 Å². The first-order valence-electron chi connectivity index (χ1n) is 5.55. The van der Waals surface area contributed by atoms with Crippen LogP contribution in [0.25, 0.3) is 0 Å². The lowest BCUT2D eigenvalue weighted by Crippen LogP contribution is -2.37. The number of thiophene rings is 1. The second kappa shape index (κ2) is 4.24. The SMILES string of the molecule is CCC1CC(O)(c2ccc(C)s2)CCO1. The van der Waals surface area contributed by atoms with Gasteiger partial charge in [0.05, 0.1) is 12.7 Å². The first kappa shape index (κ1) is 11.1. The van der Waals surface area contributed by atoms with E-state index in [1.54, 1.807) is 11.3 Å². The molecule has 1 N–H and O–H groups in total. The summed E-state index contributed by atoms with van der Waals surface area (Å²) in [4.78, 5) is 2.36. The first-order valence-corrected chi connectivity index (χ1v) is 6.36. The maximum absolute atomic E-state index is 10.6. The second-order valence-corrected chi connectivity index (χ2v) is 5.58. The van der Waals surface area contributed by atoms with Crippen molar-refractivity contribution in [2.75, 3.05) is 6.61 Å². The smallest absolute Gasteiger partial charge is 0.103 e. The van der Waals surface area contributed by atoms with Gasteiger partial charge in [0.25, 0.3) is 0 Å². The van der Waals surface area contributed by atoms with Gasteiger partial charge in [0.1, 0.15) is 5.60 Å². The summed E-state index contributed by atoms with van der Waals surface area (Å²) in [7, 11) is 0. The molecular weight excluding hydrogens is 208 g/mol. The van der Waals surface area contributed by atoms with E-state index in [1.165, 1.54) is 4.88 Å². The molecule has 2 nitrogen and oxygen atoms in total. The average molecular weight is 226 g/mol. The van der Waals surface area contributed by atoms with E-state index in [0.717, 1.165) is 24.1 Å². The third kappa shape index (κ3) is 2.25. The van der Waals surface area contributed by atoms with Crippen molar-refractivity contribution < 1.29 is 9.84 Å². The van der Waals surface area contributed by atoms with Crippen molar-refractivity contribution in [3.63, 3.8) is 0 Å². The molecule has 2 rings (SSSR count). The average Bonchev–Trinajstić information content (AvgIpc) is 2.65. The zero-order chi connectivity index (χ0) is 10.9. The molecule has 1 aliphatic heterocycles. The highest BCUT2D eigenvalue weighted by atomic mass is 32.1. The molecule has 0 aliphatic carbocycles. The van der Waals surface area contributed by atoms with E-state index >= 15 is 0 Å². The summed E-state index contributed by atoms with van der Waals surface area (Å²) in [5.74, 6) is 0. The van der Waals surface area contributed by atoms with Crippen LogP contribution in [0.2, 0.25) is 0 Å². The molecule has 2 unspecified atom stereocenters. The molecule has 0 radical (unpaired) electrons. The minimum Gasteiger partial charge on any atom is -0.384 e. The molecule has 2 heterocycles. The summed E-state index contributed by atoms with van der Waals surface area (Å²) in [6, 6.07) is 4.13. The molecule has 0 aromatic carbocycles. The Balaban J connectivity index is 2.18. The van der Waals surface area contributed by atoms with E-state index in [1.807, 2.05) is 0 Å². The molecule has 1 fully saturated rings.